The molecule has 3 N–H and O–H groups in total. The summed E-state index contributed by atoms with van der Waals surface area (Å²) in [6, 6.07) is 15.3. The van der Waals surface area contributed by atoms with Crippen LogP contribution < -0.4 is 11.3 Å². The molecule has 0 radical (unpaired) electrons. The molecule has 0 bridgehead atoms. The molecule has 1 saturated heterocycles. The Morgan fingerprint density at radius 1 is 1.05 bits per heavy atom. The van der Waals surface area contributed by atoms with Crippen LogP contribution in [0.5, 0.6) is 0 Å². The number of nitrogens with zero attached hydrogens (tertiary/aromatic N) is 3. The van der Waals surface area contributed by atoms with Crippen LogP contribution >= 0.6 is 0 Å². The summed E-state index contributed by atoms with van der Waals surface area (Å²) in [6.07, 6.45) is 3.72. The van der Waals surface area contributed by atoms with Gasteiger partial charge in [0.2, 0.25) is 0 Å². The summed E-state index contributed by atoms with van der Waals surface area (Å²) in [5.74, 6) is -0.114. The zero-order valence-electron chi connectivity index (χ0n) is 24.4. The zero-order chi connectivity index (χ0) is 29.9. The first-order valence-corrected chi connectivity index (χ1v) is 14.3. The number of carbonyl (C=O) groups is 2. The highest BCUT2D eigenvalue weighted by Gasteiger charge is 2.37. The molecule has 1 saturated carbocycles. The number of aliphatic hydroxyl groups is 1. The Morgan fingerprint density at radius 2 is 1.79 bits per heavy atom. The van der Waals surface area contributed by atoms with Crippen LogP contribution in [0.3, 0.4) is 0 Å². The van der Waals surface area contributed by atoms with Gasteiger partial charge in [0, 0.05) is 54.5 Å². The monoisotopic (exact) mass is 568 g/mol. The van der Waals surface area contributed by atoms with E-state index in [1.807, 2.05) is 51.1 Å². The molecule has 2 aliphatic rings. The molecule has 2 aromatic carbocycles. The van der Waals surface area contributed by atoms with Gasteiger partial charge in [0.15, 0.2) is 0 Å². The molecule has 2 aromatic heterocycles. The number of nitrogens with two attached hydrogens (primary N) is 1. The predicted molar refractivity (Wildman–Crippen MR) is 161 cm³/mol. The van der Waals surface area contributed by atoms with Crippen LogP contribution in [0.4, 0.5) is 4.79 Å². The molecule has 4 aromatic rings. The minimum absolute atomic E-state index is 0.104. The molecule has 9 heteroatoms. The number of ether oxygens (including phenoxy) is 1. The summed E-state index contributed by atoms with van der Waals surface area (Å²) < 4.78 is 8.90. The molecule has 42 heavy (non-hydrogen) atoms. The third-order valence-corrected chi connectivity index (χ3v) is 8.19. The van der Waals surface area contributed by atoms with Gasteiger partial charge in [-0.2, -0.15) is 0 Å². The Bertz CT molecular complexity index is 1780. The van der Waals surface area contributed by atoms with Crippen LogP contribution in [0.1, 0.15) is 72.8 Å². The molecule has 0 unspecified atom stereocenters. The van der Waals surface area contributed by atoms with Crippen molar-refractivity contribution in [2.75, 3.05) is 13.1 Å². The van der Waals surface area contributed by atoms with E-state index in [-0.39, 0.29) is 24.2 Å². The first kappa shape index (κ1) is 27.8. The van der Waals surface area contributed by atoms with E-state index in [4.69, 9.17) is 10.5 Å². The van der Waals surface area contributed by atoms with Gasteiger partial charge in [0.05, 0.1) is 12.3 Å². The average Bonchev–Trinajstić information content (AvgIpc) is 3.67. The molecule has 6 rings (SSSR count). The number of hydrogen-bond donors (Lipinski definition) is 2. The number of amides is 2. The third kappa shape index (κ3) is 4.98. The second kappa shape index (κ2) is 10.2. The van der Waals surface area contributed by atoms with Crippen molar-refractivity contribution in [2.45, 2.75) is 57.7 Å². The van der Waals surface area contributed by atoms with Crippen molar-refractivity contribution in [3.8, 4) is 16.8 Å². The lowest BCUT2D eigenvalue weighted by atomic mass is 9.92. The summed E-state index contributed by atoms with van der Waals surface area (Å²) in [7, 11) is 1.74. The first-order valence-electron chi connectivity index (χ1n) is 14.3. The lowest BCUT2D eigenvalue weighted by molar-refractivity contribution is 0.00769. The summed E-state index contributed by atoms with van der Waals surface area (Å²) in [4.78, 5) is 40.6. The van der Waals surface area contributed by atoms with Gasteiger partial charge in [-0.05, 0) is 80.3 Å². The number of carbonyl (C=O) groups excluding carboxylic acids is 2. The molecule has 1 aliphatic heterocycles. The van der Waals surface area contributed by atoms with Crippen molar-refractivity contribution in [3.05, 3.63) is 87.6 Å². The number of aromatic nitrogens is 2. The molecule has 1 aliphatic carbocycles. The van der Waals surface area contributed by atoms with Crippen LogP contribution in [0.25, 0.3) is 27.6 Å². The van der Waals surface area contributed by atoms with E-state index in [0.717, 1.165) is 23.9 Å². The maximum atomic E-state index is 14.3. The van der Waals surface area contributed by atoms with Crippen molar-refractivity contribution < 1.29 is 19.4 Å². The van der Waals surface area contributed by atoms with Crippen molar-refractivity contribution in [1.82, 2.24) is 14.0 Å². The molecular formula is C33H36N4O5. The highest BCUT2D eigenvalue weighted by Crippen LogP contribution is 2.41. The summed E-state index contributed by atoms with van der Waals surface area (Å²) in [6.45, 7) is 6.01. The molecule has 0 spiro atoms. The highest BCUT2D eigenvalue weighted by molar-refractivity contribution is 5.93. The lowest BCUT2D eigenvalue weighted by Gasteiger charge is -2.40. The quantitative estimate of drug-likeness (QED) is 0.346. The molecule has 0 atom stereocenters. The SMILES string of the molecule is Cn1cc(-c2cccc(-n3c(C4CN(C(=O)OC(C)(C)C)C4)cc4cc(C5CC5)ccc4c3=O)c2CO)cc1C(N)=O. The van der Waals surface area contributed by atoms with E-state index in [9.17, 15) is 19.5 Å². The van der Waals surface area contributed by atoms with E-state index in [0.29, 0.717) is 52.5 Å². The van der Waals surface area contributed by atoms with Crippen LogP contribution in [0.15, 0.2) is 59.5 Å². The van der Waals surface area contributed by atoms with Gasteiger partial charge in [-0.15, -0.1) is 0 Å². The number of benzene rings is 2. The fourth-order valence-corrected chi connectivity index (χ4v) is 5.90. The van der Waals surface area contributed by atoms with Crippen molar-refractivity contribution >= 4 is 22.8 Å². The maximum absolute atomic E-state index is 14.3. The topological polar surface area (TPSA) is 120 Å². The lowest BCUT2D eigenvalue weighted by Crippen LogP contribution is -2.51. The summed E-state index contributed by atoms with van der Waals surface area (Å²) in [5.41, 5.74) is 9.64. The van der Waals surface area contributed by atoms with E-state index in [1.165, 1.54) is 5.56 Å². The number of rotatable bonds is 6. The van der Waals surface area contributed by atoms with Gasteiger partial charge in [-0.3, -0.25) is 14.2 Å². The summed E-state index contributed by atoms with van der Waals surface area (Å²) in [5, 5.41) is 12.1. The second-order valence-corrected chi connectivity index (χ2v) is 12.5. The third-order valence-electron chi connectivity index (χ3n) is 8.19. The van der Waals surface area contributed by atoms with Crippen LogP contribution in [-0.2, 0) is 18.4 Å². The Morgan fingerprint density at radius 3 is 2.40 bits per heavy atom. The van der Waals surface area contributed by atoms with E-state index in [1.54, 1.807) is 33.3 Å². The molecule has 3 heterocycles. The van der Waals surface area contributed by atoms with Gasteiger partial charge in [0.25, 0.3) is 11.5 Å². The first-order chi connectivity index (χ1) is 19.9. The number of likely N-dealkylation sites (tertiary alicyclic amines) is 1. The Labute approximate surface area is 244 Å². The average molecular weight is 569 g/mol. The van der Waals surface area contributed by atoms with E-state index in [2.05, 4.69) is 12.1 Å². The number of fused-ring (bicyclic) bond motifs is 1. The van der Waals surface area contributed by atoms with Crippen molar-refractivity contribution in [3.63, 3.8) is 0 Å². The van der Waals surface area contributed by atoms with E-state index < -0.39 is 11.5 Å². The smallest absolute Gasteiger partial charge is 0.410 e. The fraction of sp³-hybridized carbons (Fsp3) is 0.364. The number of aryl methyl sites for hydroxylation is 1. The molecule has 2 amide bonds. The standard InChI is InChI=1S/C33H36N4O5/c1-33(2,3)42-32(41)36-16-23(17-36)28-13-21-12-20(19-8-9-19)10-11-25(21)31(40)37(28)27-7-5-6-24(26(27)18-38)22-14-29(30(34)39)35(4)15-22/h5-7,10-15,19,23,38H,8-9,16-18H2,1-4H3,(H2,34,39). The normalized spacial score (nSPS) is 15.6. The van der Waals surface area contributed by atoms with Crippen molar-refractivity contribution in [2.24, 2.45) is 12.8 Å². The summed E-state index contributed by atoms with van der Waals surface area (Å²) >= 11 is 0. The minimum atomic E-state index is -0.602. The molecule has 218 valence electrons. The zero-order valence-corrected chi connectivity index (χ0v) is 24.4. The fourth-order valence-electron chi connectivity index (χ4n) is 5.90. The molecule has 2 fully saturated rings. The van der Waals surface area contributed by atoms with Gasteiger partial charge >= 0.3 is 6.09 Å². The second-order valence-electron chi connectivity index (χ2n) is 12.5. The largest absolute Gasteiger partial charge is 0.444 e. The Balaban J connectivity index is 1.49. The van der Waals surface area contributed by atoms with Crippen LogP contribution in [-0.4, -0.2) is 49.8 Å². The van der Waals surface area contributed by atoms with Gasteiger partial charge < -0.3 is 25.0 Å². The Hall–Kier alpha value is -4.37. The molecular weight excluding hydrogens is 532 g/mol. The minimum Gasteiger partial charge on any atom is -0.444 e. The molecule has 9 nitrogen and oxygen atoms in total. The predicted octanol–water partition coefficient (Wildman–Crippen LogP) is 4.80. The van der Waals surface area contributed by atoms with Crippen LogP contribution in [0, 0.1) is 0 Å². The number of aliphatic hydroxyl groups excluding tert-OH is 1. The van der Waals surface area contributed by atoms with E-state index >= 15 is 0 Å². The highest BCUT2D eigenvalue weighted by atomic mass is 16.6. The number of hydrogen-bond acceptors (Lipinski definition) is 5. The van der Waals surface area contributed by atoms with Gasteiger partial charge in [-0.1, -0.05) is 24.3 Å². The number of primary amides is 1. The van der Waals surface area contributed by atoms with Crippen molar-refractivity contribution in [1.29, 1.82) is 0 Å². The maximum Gasteiger partial charge on any atom is 0.410 e. The van der Waals surface area contributed by atoms with Gasteiger partial charge in [-0.25, -0.2) is 4.79 Å². The van der Waals surface area contributed by atoms with Crippen LogP contribution in [0.2, 0.25) is 0 Å². The Kier molecular flexibility index (Phi) is 6.73. The van der Waals surface area contributed by atoms with Gasteiger partial charge in [0.1, 0.15) is 11.3 Å². The number of pyridine rings is 1.